The van der Waals surface area contributed by atoms with Crippen LogP contribution >= 0.6 is 23.2 Å². The fraction of sp³-hybridized carbons (Fsp3) is 0.0833. The lowest BCUT2D eigenvalue weighted by atomic mass is 10.1. The maximum absolute atomic E-state index is 11.9. The molecule has 6 heteroatoms. The largest absolute Gasteiger partial charge is 0.304 e. The number of aromatic nitrogens is 2. The lowest BCUT2D eigenvalue weighted by molar-refractivity contribution is 0.102. The Kier molecular flexibility index (Phi) is 3.79. The summed E-state index contributed by atoms with van der Waals surface area (Å²) in [6.45, 7) is 1.83. The van der Waals surface area contributed by atoms with Crippen LogP contribution in [-0.2, 0) is 0 Å². The van der Waals surface area contributed by atoms with Gasteiger partial charge in [0, 0.05) is 23.0 Å². The summed E-state index contributed by atoms with van der Waals surface area (Å²) < 4.78 is 0. The van der Waals surface area contributed by atoms with Crippen LogP contribution in [-0.4, -0.2) is 15.9 Å². The molecule has 0 radical (unpaired) electrons. The number of halogens is 2. The van der Waals surface area contributed by atoms with E-state index in [0.717, 1.165) is 5.56 Å². The second kappa shape index (κ2) is 5.33. The lowest BCUT2D eigenvalue weighted by Crippen LogP contribution is -2.13. The number of hydrogen-bond donors (Lipinski definition) is 1. The number of carbonyl (C=O) groups is 1. The first-order valence-electron chi connectivity index (χ1n) is 5.12. The zero-order valence-electron chi connectivity index (χ0n) is 9.45. The minimum Gasteiger partial charge on any atom is -0.304 e. The van der Waals surface area contributed by atoms with Crippen molar-refractivity contribution in [2.75, 3.05) is 5.32 Å². The second-order valence-electron chi connectivity index (χ2n) is 3.61. The van der Waals surface area contributed by atoms with E-state index in [1.807, 2.05) is 6.92 Å². The van der Waals surface area contributed by atoms with E-state index in [9.17, 15) is 4.79 Å². The van der Waals surface area contributed by atoms with E-state index in [1.165, 1.54) is 12.4 Å². The van der Waals surface area contributed by atoms with Crippen molar-refractivity contribution in [2.45, 2.75) is 6.92 Å². The van der Waals surface area contributed by atoms with Crippen molar-refractivity contribution in [3.8, 4) is 0 Å². The highest BCUT2D eigenvalue weighted by Crippen LogP contribution is 2.19. The van der Waals surface area contributed by atoms with Crippen molar-refractivity contribution in [1.29, 1.82) is 0 Å². The lowest BCUT2D eigenvalue weighted by Gasteiger charge is -2.06. The van der Waals surface area contributed by atoms with Gasteiger partial charge in [0.15, 0.2) is 11.0 Å². The Labute approximate surface area is 114 Å². The van der Waals surface area contributed by atoms with Crippen molar-refractivity contribution in [3.63, 3.8) is 0 Å². The van der Waals surface area contributed by atoms with Gasteiger partial charge in [0.2, 0.25) is 0 Å². The van der Waals surface area contributed by atoms with Crippen molar-refractivity contribution in [3.05, 3.63) is 51.9 Å². The summed E-state index contributed by atoms with van der Waals surface area (Å²) in [5.74, 6) is -0.0751. The molecule has 2 aromatic rings. The van der Waals surface area contributed by atoms with Crippen LogP contribution in [0.4, 0.5) is 5.82 Å². The molecule has 0 spiro atoms. The van der Waals surface area contributed by atoms with Crippen LogP contribution in [0.2, 0.25) is 10.2 Å². The number of benzene rings is 1. The zero-order valence-corrected chi connectivity index (χ0v) is 11.0. The highest BCUT2D eigenvalue weighted by atomic mass is 35.5. The van der Waals surface area contributed by atoms with Crippen molar-refractivity contribution >= 4 is 34.9 Å². The maximum atomic E-state index is 11.9. The van der Waals surface area contributed by atoms with Gasteiger partial charge in [-0.1, -0.05) is 23.2 Å². The van der Waals surface area contributed by atoms with Crippen LogP contribution in [0.1, 0.15) is 15.9 Å². The summed E-state index contributed by atoms with van der Waals surface area (Å²) in [7, 11) is 0. The van der Waals surface area contributed by atoms with Gasteiger partial charge in [0.05, 0.1) is 0 Å². The maximum Gasteiger partial charge on any atom is 0.256 e. The smallest absolute Gasteiger partial charge is 0.256 e. The standard InChI is InChI=1S/C12H9Cl2N3O/c1-7-6-8(2-3-9(7)13)12(18)17-11-10(14)15-4-5-16-11/h2-6H,1H3,(H,16,17,18). The van der Waals surface area contributed by atoms with Crippen molar-refractivity contribution in [2.24, 2.45) is 0 Å². The summed E-state index contributed by atoms with van der Waals surface area (Å²) in [6.07, 6.45) is 2.90. The molecular formula is C12H9Cl2N3O. The number of amides is 1. The first-order valence-corrected chi connectivity index (χ1v) is 5.87. The Bertz CT molecular complexity index is 602. The number of hydrogen-bond acceptors (Lipinski definition) is 3. The average Bonchev–Trinajstić information content (AvgIpc) is 2.35. The molecule has 1 aromatic heterocycles. The van der Waals surface area contributed by atoms with Crippen LogP contribution < -0.4 is 5.32 Å². The normalized spacial score (nSPS) is 10.2. The molecule has 0 bridgehead atoms. The Morgan fingerprint density at radius 2 is 1.94 bits per heavy atom. The van der Waals surface area contributed by atoms with E-state index in [0.29, 0.717) is 10.6 Å². The van der Waals surface area contributed by atoms with Crippen LogP contribution in [0.25, 0.3) is 0 Å². The summed E-state index contributed by atoms with van der Waals surface area (Å²) in [6, 6.07) is 5.00. The SMILES string of the molecule is Cc1cc(C(=O)Nc2nccnc2Cl)ccc1Cl. The molecule has 1 heterocycles. The minimum atomic E-state index is -0.308. The molecule has 0 unspecified atom stereocenters. The van der Waals surface area contributed by atoms with Gasteiger partial charge in [0.25, 0.3) is 5.91 Å². The summed E-state index contributed by atoms with van der Waals surface area (Å²) >= 11 is 11.7. The van der Waals surface area contributed by atoms with Gasteiger partial charge >= 0.3 is 0 Å². The van der Waals surface area contributed by atoms with Crippen LogP contribution in [0.5, 0.6) is 0 Å². The fourth-order valence-electron chi connectivity index (χ4n) is 1.37. The van der Waals surface area contributed by atoms with E-state index in [4.69, 9.17) is 23.2 Å². The van der Waals surface area contributed by atoms with E-state index in [1.54, 1.807) is 18.2 Å². The first kappa shape index (κ1) is 12.8. The number of aryl methyl sites for hydroxylation is 1. The molecule has 0 atom stereocenters. The third-order valence-corrected chi connectivity index (χ3v) is 3.01. The highest BCUT2D eigenvalue weighted by Gasteiger charge is 2.10. The molecule has 1 aromatic carbocycles. The third-order valence-electron chi connectivity index (χ3n) is 2.31. The van der Waals surface area contributed by atoms with Crippen molar-refractivity contribution < 1.29 is 4.79 Å². The Morgan fingerprint density at radius 1 is 1.22 bits per heavy atom. The third kappa shape index (κ3) is 2.78. The van der Waals surface area contributed by atoms with E-state index < -0.39 is 0 Å². The molecular weight excluding hydrogens is 273 g/mol. The summed E-state index contributed by atoms with van der Waals surface area (Å²) in [5.41, 5.74) is 1.31. The number of carbonyl (C=O) groups excluding carboxylic acids is 1. The van der Waals surface area contributed by atoms with Gasteiger partial charge in [-0.3, -0.25) is 4.79 Å². The zero-order chi connectivity index (χ0) is 13.1. The Balaban J connectivity index is 2.22. The predicted octanol–water partition coefficient (Wildman–Crippen LogP) is 3.34. The molecule has 0 saturated heterocycles. The fourth-order valence-corrected chi connectivity index (χ4v) is 1.64. The number of nitrogens with one attached hydrogen (secondary N) is 1. The van der Waals surface area contributed by atoms with Gasteiger partial charge in [-0.05, 0) is 30.7 Å². The molecule has 1 amide bonds. The van der Waals surface area contributed by atoms with E-state index in [2.05, 4.69) is 15.3 Å². The van der Waals surface area contributed by atoms with E-state index in [-0.39, 0.29) is 16.9 Å². The molecule has 4 nitrogen and oxygen atoms in total. The van der Waals surface area contributed by atoms with Crippen LogP contribution in [0.15, 0.2) is 30.6 Å². The second-order valence-corrected chi connectivity index (χ2v) is 4.38. The molecule has 0 aliphatic rings. The molecule has 1 N–H and O–H groups in total. The van der Waals surface area contributed by atoms with E-state index >= 15 is 0 Å². The van der Waals surface area contributed by atoms with Gasteiger partial charge in [-0.25, -0.2) is 9.97 Å². The molecule has 92 valence electrons. The topological polar surface area (TPSA) is 54.9 Å². The number of rotatable bonds is 2. The van der Waals surface area contributed by atoms with Gasteiger partial charge in [0.1, 0.15) is 0 Å². The quantitative estimate of drug-likeness (QED) is 0.919. The number of nitrogens with zero attached hydrogens (tertiary/aromatic N) is 2. The van der Waals surface area contributed by atoms with Crippen LogP contribution in [0.3, 0.4) is 0 Å². The predicted molar refractivity (Wildman–Crippen MR) is 71.2 cm³/mol. The molecule has 0 fully saturated rings. The number of anilines is 1. The van der Waals surface area contributed by atoms with Gasteiger partial charge in [-0.2, -0.15) is 0 Å². The molecule has 2 rings (SSSR count). The van der Waals surface area contributed by atoms with Gasteiger partial charge < -0.3 is 5.32 Å². The summed E-state index contributed by atoms with van der Waals surface area (Å²) in [5, 5.41) is 3.35. The average molecular weight is 282 g/mol. The molecule has 0 aliphatic carbocycles. The Hall–Kier alpha value is -1.65. The molecule has 0 aliphatic heterocycles. The minimum absolute atomic E-state index is 0.150. The Morgan fingerprint density at radius 3 is 2.61 bits per heavy atom. The van der Waals surface area contributed by atoms with Gasteiger partial charge in [-0.15, -0.1) is 0 Å². The van der Waals surface area contributed by atoms with Crippen LogP contribution in [0, 0.1) is 6.92 Å². The highest BCUT2D eigenvalue weighted by molar-refractivity contribution is 6.32. The van der Waals surface area contributed by atoms with Crippen molar-refractivity contribution in [1.82, 2.24) is 9.97 Å². The monoisotopic (exact) mass is 281 g/mol. The summed E-state index contributed by atoms with van der Waals surface area (Å²) in [4.78, 5) is 19.7. The molecule has 18 heavy (non-hydrogen) atoms. The molecule has 0 saturated carbocycles. The first-order chi connectivity index (χ1) is 8.58.